The first kappa shape index (κ1) is 19.1. The van der Waals surface area contributed by atoms with Gasteiger partial charge in [-0.3, -0.25) is 4.57 Å². The van der Waals surface area contributed by atoms with Crippen molar-refractivity contribution < 1.29 is 4.42 Å². The van der Waals surface area contributed by atoms with Gasteiger partial charge in [0.15, 0.2) is 0 Å². The quantitative estimate of drug-likeness (QED) is 0.450. The van der Waals surface area contributed by atoms with Gasteiger partial charge in [-0.05, 0) is 36.3 Å². The van der Waals surface area contributed by atoms with Crippen LogP contribution in [-0.4, -0.2) is 25.0 Å². The summed E-state index contributed by atoms with van der Waals surface area (Å²) in [7, 11) is 0. The highest BCUT2D eigenvalue weighted by atomic mass is 35.5. The minimum Gasteiger partial charge on any atom is -0.426 e. The number of nitrogens with zero attached hydrogens (tertiary/aromatic N) is 5. The van der Waals surface area contributed by atoms with Crippen molar-refractivity contribution in [3.05, 3.63) is 94.2 Å². The zero-order chi connectivity index (χ0) is 20.4. The Morgan fingerprint density at radius 1 is 0.862 bits per heavy atom. The van der Waals surface area contributed by atoms with Crippen LogP contribution in [0.3, 0.4) is 0 Å². The third-order valence-electron chi connectivity index (χ3n) is 4.60. The Bertz CT molecular complexity index is 1160. The highest BCUT2D eigenvalue weighted by Gasteiger charge is 2.19. The molecule has 4 aromatic rings. The first-order valence-corrected chi connectivity index (χ1v) is 9.64. The minimum atomic E-state index is 0.623. The van der Waals surface area contributed by atoms with Crippen LogP contribution in [0, 0.1) is 20.8 Å². The fraction of sp³-hybridized carbons (Fsp3) is 0.182. The van der Waals surface area contributed by atoms with Gasteiger partial charge in [-0.15, -0.1) is 20.4 Å². The smallest absolute Gasteiger partial charge is 0.213 e. The van der Waals surface area contributed by atoms with Gasteiger partial charge in [-0.1, -0.05) is 48.0 Å². The maximum Gasteiger partial charge on any atom is 0.213 e. The van der Waals surface area contributed by atoms with Crippen LogP contribution < -0.4 is 0 Å². The van der Waals surface area contributed by atoms with Crippen molar-refractivity contribution in [3.63, 3.8) is 0 Å². The second kappa shape index (κ2) is 8.01. The Kier molecular flexibility index (Phi) is 5.27. The van der Waals surface area contributed by atoms with Crippen LogP contribution in [0.15, 0.2) is 59.0 Å². The van der Waals surface area contributed by atoms with E-state index in [4.69, 9.17) is 16.0 Å². The van der Waals surface area contributed by atoms with Crippen LogP contribution in [0.25, 0.3) is 11.3 Å². The molecular weight excluding hydrogens is 386 g/mol. The summed E-state index contributed by atoms with van der Waals surface area (Å²) >= 11 is 6.02. The number of hydrogen-bond donors (Lipinski definition) is 0. The van der Waals surface area contributed by atoms with Gasteiger partial charge >= 0.3 is 0 Å². The summed E-state index contributed by atoms with van der Waals surface area (Å²) in [4.78, 5) is 0. The molecule has 0 bridgehead atoms. The summed E-state index contributed by atoms with van der Waals surface area (Å²) in [5.74, 6) is 3.12. The van der Waals surface area contributed by atoms with Crippen LogP contribution in [0.4, 0.5) is 0 Å². The van der Waals surface area contributed by atoms with Crippen molar-refractivity contribution in [1.29, 1.82) is 0 Å². The molecule has 0 radical (unpaired) electrons. The lowest BCUT2D eigenvalue weighted by atomic mass is 9.96. The molecule has 1 aliphatic rings. The minimum absolute atomic E-state index is 0.623. The number of aryl methyl sites for hydroxylation is 3. The molecule has 0 aliphatic carbocycles. The number of allylic oxidation sites excluding steroid dienone is 1. The Labute approximate surface area is 173 Å². The van der Waals surface area contributed by atoms with Crippen molar-refractivity contribution in [1.82, 2.24) is 25.0 Å². The average molecular weight is 406 g/mol. The molecule has 0 N–H and O–H groups in total. The molecule has 0 unspecified atom stereocenters. The average Bonchev–Trinajstić information content (AvgIpc) is 3.23. The van der Waals surface area contributed by atoms with Crippen molar-refractivity contribution in [2.75, 3.05) is 0 Å². The molecule has 0 atom stereocenters. The molecule has 29 heavy (non-hydrogen) atoms. The molecule has 1 aliphatic heterocycles. The van der Waals surface area contributed by atoms with Gasteiger partial charge in [0.25, 0.3) is 0 Å². The van der Waals surface area contributed by atoms with Gasteiger partial charge in [0.2, 0.25) is 11.8 Å². The lowest BCUT2D eigenvalue weighted by molar-refractivity contribution is 0.489. The fourth-order valence-corrected chi connectivity index (χ4v) is 3.48. The number of rotatable bonds is 1. The van der Waals surface area contributed by atoms with Gasteiger partial charge in [0, 0.05) is 30.9 Å². The zero-order valence-electron chi connectivity index (χ0n) is 16.4. The molecule has 5 rings (SSSR count). The second-order valence-electron chi connectivity index (χ2n) is 6.68. The van der Waals surface area contributed by atoms with Crippen LogP contribution in [-0.2, 0) is 6.42 Å². The topological polar surface area (TPSA) is 69.6 Å². The molecule has 0 amide bonds. The van der Waals surface area contributed by atoms with E-state index in [2.05, 4.69) is 61.4 Å². The molecule has 0 spiro atoms. The number of para-hydroxylation sites is 1. The van der Waals surface area contributed by atoms with Crippen LogP contribution in [0.1, 0.15) is 34.6 Å². The summed E-state index contributed by atoms with van der Waals surface area (Å²) in [6, 6.07) is 16.3. The van der Waals surface area contributed by atoms with E-state index in [-0.39, 0.29) is 0 Å². The molecule has 0 saturated heterocycles. The lowest BCUT2D eigenvalue weighted by Crippen LogP contribution is -2.03. The van der Waals surface area contributed by atoms with E-state index in [1.807, 2.05) is 25.1 Å². The van der Waals surface area contributed by atoms with E-state index in [0.717, 1.165) is 34.3 Å². The number of hydrogen-bond acceptors (Lipinski definition) is 5. The van der Waals surface area contributed by atoms with Crippen molar-refractivity contribution in [3.8, 4) is 5.69 Å². The van der Waals surface area contributed by atoms with Crippen LogP contribution in [0.5, 0.6) is 0 Å². The summed E-state index contributed by atoms with van der Waals surface area (Å²) in [6.45, 7) is 5.51. The van der Waals surface area contributed by atoms with E-state index in [9.17, 15) is 0 Å². The fourth-order valence-electron chi connectivity index (χ4n) is 3.35. The van der Waals surface area contributed by atoms with Gasteiger partial charge in [-0.2, -0.15) is 0 Å². The third-order valence-corrected chi connectivity index (χ3v) is 4.85. The zero-order valence-corrected chi connectivity index (χ0v) is 17.2. The van der Waals surface area contributed by atoms with Gasteiger partial charge in [0.05, 0.1) is 5.69 Å². The Morgan fingerprint density at radius 2 is 1.55 bits per heavy atom. The van der Waals surface area contributed by atoms with Crippen LogP contribution in [0.2, 0.25) is 5.02 Å². The van der Waals surface area contributed by atoms with E-state index < -0.39 is 0 Å². The highest BCUT2D eigenvalue weighted by molar-refractivity contribution is 6.30. The molecule has 6 nitrogen and oxygen atoms in total. The Morgan fingerprint density at radius 3 is 2.21 bits per heavy atom. The number of benzene rings is 2. The van der Waals surface area contributed by atoms with E-state index in [1.54, 1.807) is 13.8 Å². The largest absolute Gasteiger partial charge is 0.426 e. The molecule has 7 heteroatoms. The maximum absolute atomic E-state index is 6.02. The normalized spacial score (nSPS) is 12.2. The van der Waals surface area contributed by atoms with Gasteiger partial charge in [-0.25, -0.2) is 0 Å². The SMILES string of the molecule is Cc1nnc(C)o1.Cc1nnc2n1-c1ccccc1C(c1ccc(Cl)cc1)=CC2. The number of halogens is 1. The molecule has 2 aromatic heterocycles. The van der Waals surface area contributed by atoms with E-state index in [1.165, 1.54) is 11.1 Å². The molecule has 146 valence electrons. The predicted octanol–water partition coefficient (Wildman–Crippen LogP) is 4.90. The van der Waals surface area contributed by atoms with Crippen molar-refractivity contribution in [2.24, 2.45) is 0 Å². The van der Waals surface area contributed by atoms with Gasteiger partial charge in [0.1, 0.15) is 11.6 Å². The first-order valence-electron chi connectivity index (χ1n) is 9.26. The van der Waals surface area contributed by atoms with E-state index in [0.29, 0.717) is 11.8 Å². The Balaban J connectivity index is 0.000000249. The monoisotopic (exact) mass is 405 g/mol. The number of aromatic nitrogens is 5. The van der Waals surface area contributed by atoms with Crippen molar-refractivity contribution >= 4 is 17.2 Å². The Hall–Kier alpha value is -3.25. The van der Waals surface area contributed by atoms with Crippen LogP contribution >= 0.6 is 11.6 Å². The third kappa shape index (κ3) is 3.98. The molecule has 0 fully saturated rings. The summed E-state index contributed by atoms with van der Waals surface area (Å²) < 4.78 is 6.99. The molecule has 3 heterocycles. The standard InChI is InChI=1S/C18H14ClN3.C4H6N2O/c1-12-20-21-18-11-10-15(13-6-8-14(19)9-7-13)16-4-2-3-5-17(16)22(12)18;1-3-5-6-4(2)7-3/h2-10H,11H2,1H3;1-2H3. The summed E-state index contributed by atoms with van der Waals surface area (Å²) in [6.07, 6.45) is 2.97. The first-order chi connectivity index (χ1) is 14.0. The second-order valence-corrected chi connectivity index (χ2v) is 7.12. The summed E-state index contributed by atoms with van der Waals surface area (Å²) in [5.41, 5.74) is 4.68. The predicted molar refractivity (Wildman–Crippen MR) is 112 cm³/mol. The molecule has 0 saturated carbocycles. The van der Waals surface area contributed by atoms with E-state index >= 15 is 0 Å². The molecular formula is C22H20ClN5O. The highest BCUT2D eigenvalue weighted by Crippen LogP contribution is 2.33. The lowest BCUT2D eigenvalue weighted by Gasteiger charge is -2.13. The van der Waals surface area contributed by atoms with Gasteiger partial charge < -0.3 is 4.42 Å². The maximum atomic E-state index is 6.02. The summed E-state index contributed by atoms with van der Waals surface area (Å²) in [5, 5.41) is 16.5. The van der Waals surface area contributed by atoms with Crippen molar-refractivity contribution in [2.45, 2.75) is 27.2 Å². The molecule has 2 aromatic carbocycles. The number of fused-ring (bicyclic) bond motifs is 3.